The van der Waals surface area contributed by atoms with Crippen LogP contribution in [0.3, 0.4) is 0 Å². The molecule has 0 fully saturated rings. The molecule has 0 spiro atoms. The van der Waals surface area contributed by atoms with Crippen molar-refractivity contribution in [3.05, 3.63) is 37.4 Å². The van der Waals surface area contributed by atoms with Crippen molar-refractivity contribution in [2.45, 2.75) is 13.3 Å². The number of aliphatic hydroxyl groups is 1. The van der Waals surface area contributed by atoms with Gasteiger partial charge in [0.2, 0.25) is 0 Å². The van der Waals surface area contributed by atoms with Gasteiger partial charge in [-0.15, -0.1) is 0 Å². The molecule has 1 N–H and O–H groups in total. The Morgan fingerprint density at radius 1 is 1.53 bits per heavy atom. The van der Waals surface area contributed by atoms with Gasteiger partial charge in [0.15, 0.2) is 0 Å². The second kappa shape index (κ2) is 7.39. The third-order valence-corrected chi connectivity index (χ3v) is 3.59. The number of carbonyl (C=O) groups excluding carboxylic acids is 1. The Labute approximate surface area is 124 Å². The van der Waals surface area contributed by atoms with Gasteiger partial charge in [0.1, 0.15) is 0 Å². The molecular weight excluding hydrogens is 363 g/mol. The number of hydrogen-bond acceptors (Lipinski definition) is 4. The Kier molecular flexibility index (Phi) is 6.16. The molecule has 0 saturated heterocycles. The van der Waals surface area contributed by atoms with Crippen molar-refractivity contribution >= 4 is 34.2 Å². The molecule has 1 rings (SSSR count). The molecule has 1 amide bonds. The largest absolute Gasteiger partial charge is 0.396 e. The first-order valence-corrected chi connectivity index (χ1v) is 6.93. The van der Waals surface area contributed by atoms with Crippen LogP contribution in [0.5, 0.6) is 0 Å². The first kappa shape index (κ1) is 15.8. The molecule has 1 aromatic rings. The zero-order valence-electron chi connectivity index (χ0n) is 10.5. The molecule has 0 aliphatic carbocycles. The second-order valence-corrected chi connectivity index (χ2v) is 5.05. The topological polar surface area (TPSA) is 83.7 Å². The SMILES string of the molecule is CCN(CCCO)C(=O)c1cc([N+](=O)[O-])ccc1I. The van der Waals surface area contributed by atoms with E-state index in [0.29, 0.717) is 28.6 Å². The van der Waals surface area contributed by atoms with Crippen LogP contribution < -0.4 is 0 Å². The predicted octanol–water partition coefficient (Wildman–Crippen LogP) is 2.04. The number of benzene rings is 1. The zero-order chi connectivity index (χ0) is 14.4. The Morgan fingerprint density at radius 2 is 2.21 bits per heavy atom. The van der Waals surface area contributed by atoms with E-state index in [0.717, 1.165) is 0 Å². The van der Waals surface area contributed by atoms with E-state index < -0.39 is 4.92 Å². The number of rotatable bonds is 6. The average Bonchev–Trinajstić information content (AvgIpc) is 2.39. The van der Waals surface area contributed by atoms with Crippen molar-refractivity contribution in [3.8, 4) is 0 Å². The van der Waals surface area contributed by atoms with Crippen LogP contribution in [0.1, 0.15) is 23.7 Å². The van der Waals surface area contributed by atoms with Crippen LogP contribution in [0, 0.1) is 13.7 Å². The van der Waals surface area contributed by atoms with Crippen LogP contribution in [0.4, 0.5) is 5.69 Å². The van der Waals surface area contributed by atoms with Gasteiger partial charge >= 0.3 is 0 Å². The number of halogens is 1. The normalized spacial score (nSPS) is 10.3. The summed E-state index contributed by atoms with van der Waals surface area (Å²) in [4.78, 5) is 24.1. The fraction of sp³-hybridized carbons (Fsp3) is 0.417. The summed E-state index contributed by atoms with van der Waals surface area (Å²) in [5.74, 6) is -0.246. The molecule has 0 aliphatic heterocycles. The minimum Gasteiger partial charge on any atom is -0.396 e. The lowest BCUT2D eigenvalue weighted by molar-refractivity contribution is -0.384. The second-order valence-electron chi connectivity index (χ2n) is 3.88. The third-order valence-electron chi connectivity index (χ3n) is 2.65. The molecule has 7 heteroatoms. The van der Waals surface area contributed by atoms with Crippen LogP contribution >= 0.6 is 22.6 Å². The summed E-state index contributed by atoms with van der Waals surface area (Å²) in [7, 11) is 0. The Balaban J connectivity index is 3.02. The summed E-state index contributed by atoms with van der Waals surface area (Å²) in [5.41, 5.74) is 0.233. The maximum atomic E-state index is 12.3. The third kappa shape index (κ3) is 4.13. The van der Waals surface area contributed by atoms with E-state index in [1.54, 1.807) is 11.0 Å². The first-order chi connectivity index (χ1) is 9.01. The highest BCUT2D eigenvalue weighted by molar-refractivity contribution is 14.1. The van der Waals surface area contributed by atoms with E-state index in [9.17, 15) is 14.9 Å². The van der Waals surface area contributed by atoms with Gasteiger partial charge in [-0.1, -0.05) is 0 Å². The van der Waals surface area contributed by atoms with Crippen molar-refractivity contribution in [1.29, 1.82) is 0 Å². The summed E-state index contributed by atoms with van der Waals surface area (Å²) in [6, 6.07) is 4.24. The summed E-state index contributed by atoms with van der Waals surface area (Å²) >= 11 is 1.98. The van der Waals surface area contributed by atoms with Crippen LogP contribution in [0.2, 0.25) is 0 Å². The highest BCUT2D eigenvalue weighted by Gasteiger charge is 2.19. The fourth-order valence-corrected chi connectivity index (χ4v) is 2.19. The Bertz CT molecular complexity index is 479. The first-order valence-electron chi connectivity index (χ1n) is 5.85. The molecule has 0 aromatic heterocycles. The van der Waals surface area contributed by atoms with Crippen LogP contribution in [0.25, 0.3) is 0 Å². The van der Waals surface area contributed by atoms with E-state index in [-0.39, 0.29) is 18.2 Å². The van der Waals surface area contributed by atoms with Crippen LogP contribution in [-0.2, 0) is 0 Å². The molecule has 6 nitrogen and oxygen atoms in total. The Morgan fingerprint density at radius 3 is 2.74 bits per heavy atom. The standard InChI is InChI=1S/C12H15IN2O4/c1-2-14(6-3-7-16)12(17)10-8-9(15(18)19)4-5-11(10)13/h4-5,8,16H,2-3,6-7H2,1H3. The number of nitro groups is 1. The fourth-order valence-electron chi connectivity index (χ4n) is 1.63. The van der Waals surface area contributed by atoms with E-state index >= 15 is 0 Å². The predicted molar refractivity (Wildman–Crippen MR) is 79.1 cm³/mol. The van der Waals surface area contributed by atoms with Gasteiger partial charge in [0, 0.05) is 35.4 Å². The lowest BCUT2D eigenvalue weighted by Gasteiger charge is -2.21. The molecule has 0 bridgehead atoms. The molecule has 0 saturated carbocycles. The monoisotopic (exact) mass is 378 g/mol. The van der Waals surface area contributed by atoms with Crippen LogP contribution in [0.15, 0.2) is 18.2 Å². The minimum atomic E-state index is -0.517. The van der Waals surface area contributed by atoms with Gasteiger partial charge in [-0.3, -0.25) is 14.9 Å². The Hall–Kier alpha value is -1.22. The molecule has 0 aliphatic rings. The van der Waals surface area contributed by atoms with E-state index in [1.165, 1.54) is 12.1 Å². The maximum Gasteiger partial charge on any atom is 0.270 e. The number of hydrogen-bond donors (Lipinski definition) is 1. The van der Waals surface area contributed by atoms with Crippen molar-refractivity contribution in [2.24, 2.45) is 0 Å². The van der Waals surface area contributed by atoms with Gasteiger partial charge < -0.3 is 10.0 Å². The summed E-state index contributed by atoms with van der Waals surface area (Å²) in [6.07, 6.45) is 0.491. The van der Waals surface area contributed by atoms with Gasteiger partial charge in [-0.2, -0.15) is 0 Å². The maximum absolute atomic E-state index is 12.3. The van der Waals surface area contributed by atoms with Gasteiger partial charge in [0.05, 0.1) is 10.5 Å². The summed E-state index contributed by atoms with van der Waals surface area (Å²) in [5, 5.41) is 19.5. The van der Waals surface area contributed by atoms with E-state index in [2.05, 4.69) is 0 Å². The highest BCUT2D eigenvalue weighted by Crippen LogP contribution is 2.21. The number of aliphatic hydroxyl groups excluding tert-OH is 1. The molecule has 0 heterocycles. The van der Waals surface area contributed by atoms with Gasteiger partial charge in [0.25, 0.3) is 11.6 Å². The smallest absolute Gasteiger partial charge is 0.270 e. The minimum absolute atomic E-state index is 0.00973. The lowest BCUT2D eigenvalue weighted by Crippen LogP contribution is -2.32. The van der Waals surface area contributed by atoms with Gasteiger partial charge in [-0.05, 0) is 42.0 Å². The summed E-state index contributed by atoms with van der Waals surface area (Å²) < 4.78 is 0.677. The molecule has 1 aromatic carbocycles. The average molecular weight is 378 g/mol. The van der Waals surface area contributed by atoms with Crippen LogP contribution in [-0.4, -0.2) is 40.5 Å². The van der Waals surface area contributed by atoms with Crippen molar-refractivity contribution in [1.82, 2.24) is 4.90 Å². The molecule has 0 unspecified atom stereocenters. The molecule has 0 radical (unpaired) electrons. The number of nitro benzene ring substituents is 1. The van der Waals surface area contributed by atoms with Crippen molar-refractivity contribution < 1.29 is 14.8 Å². The number of carbonyl (C=O) groups is 1. The molecular formula is C12H15IN2O4. The highest BCUT2D eigenvalue weighted by atomic mass is 127. The van der Waals surface area contributed by atoms with Crippen molar-refractivity contribution in [2.75, 3.05) is 19.7 Å². The summed E-state index contributed by atoms with van der Waals surface area (Å²) in [6.45, 7) is 2.78. The van der Waals surface area contributed by atoms with Crippen molar-refractivity contribution in [3.63, 3.8) is 0 Å². The van der Waals surface area contributed by atoms with E-state index in [1.807, 2.05) is 29.5 Å². The molecule has 19 heavy (non-hydrogen) atoms. The number of non-ortho nitro benzene ring substituents is 1. The molecule has 0 atom stereocenters. The number of nitrogens with zero attached hydrogens (tertiary/aromatic N) is 2. The van der Waals surface area contributed by atoms with Gasteiger partial charge in [-0.25, -0.2) is 0 Å². The lowest BCUT2D eigenvalue weighted by atomic mass is 10.1. The number of amides is 1. The quantitative estimate of drug-likeness (QED) is 0.467. The zero-order valence-corrected chi connectivity index (χ0v) is 12.7. The molecule has 104 valence electrons. The van der Waals surface area contributed by atoms with E-state index in [4.69, 9.17) is 5.11 Å².